The number of amides is 5. The van der Waals surface area contributed by atoms with Crippen LogP contribution >= 0.6 is 0 Å². The summed E-state index contributed by atoms with van der Waals surface area (Å²) in [6.07, 6.45) is -0.218. The van der Waals surface area contributed by atoms with Crippen LogP contribution in [0.25, 0.3) is 11.1 Å². The van der Waals surface area contributed by atoms with Crippen LogP contribution in [-0.4, -0.2) is 191 Å². The largest absolute Gasteiger partial charge is 0.448 e. The van der Waals surface area contributed by atoms with Crippen LogP contribution in [-0.2, 0) is 57.0 Å². The van der Waals surface area contributed by atoms with E-state index >= 15 is 0 Å². The number of piperidine rings is 1. The summed E-state index contributed by atoms with van der Waals surface area (Å²) in [4.78, 5) is 65.2. The topological polar surface area (TPSA) is 208 Å². The molecule has 0 bridgehead atoms. The third kappa shape index (κ3) is 15.6. The van der Waals surface area contributed by atoms with Crippen molar-refractivity contribution in [3.63, 3.8) is 0 Å². The van der Waals surface area contributed by atoms with E-state index in [1.54, 1.807) is 25.2 Å². The number of hydrogen-bond donors (Lipinski definition) is 2. The summed E-state index contributed by atoms with van der Waals surface area (Å²) in [5.41, 5.74) is 5.65. The van der Waals surface area contributed by atoms with E-state index in [2.05, 4.69) is 34.9 Å². The zero-order valence-corrected chi connectivity index (χ0v) is 38.8. The Labute approximate surface area is 396 Å². The van der Waals surface area contributed by atoms with Crippen molar-refractivity contribution in [1.29, 1.82) is 0 Å². The average molecular weight is 949 g/mol. The molecule has 5 amide bonds. The molecule has 0 spiro atoms. The summed E-state index contributed by atoms with van der Waals surface area (Å²) in [7, 11) is 1.70. The van der Waals surface area contributed by atoms with Crippen LogP contribution in [0, 0.1) is 0 Å². The summed E-state index contributed by atoms with van der Waals surface area (Å²) in [6, 6.07) is 20.4. The summed E-state index contributed by atoms with van der Waals surface area (Å²) in [6.45, 7) is 8.65. The number of rotatable bonds is 34. The van der Waals surface area contributed by atoms with Crippen LogP contribution in [0.4, 0.5) is 10.5 Å². The van der Waals surface area contributed by atoms with Gasteiger partial charge in [0.15, 0.2) is 0 Å². The Morgan fingerprint density at radius 3 is 1.54 bits per heavy atom. The first kappa shape index (κ1) is 52.0. The van der Waals surface area contributed by atoms with Gasteiger partial charge < -0.3 is 57.6 Å². The first-order valence-corrected chi connectivity index (χ1v) is 23.2. The third-order valence-electron chi connectivity index (χ3n) is 11.2. The van der Waals surface area contributed by atoms with Crippen molar-refractivity contribution in [2.24, 2.45) is 0 Å². The van der Waals surface area contributed by atoms with E-state index in [0.29, 0.717) is 138 Å². The normalized spacial score (nSPS) is 15.4. The molecule has 1 saturated heterocycles. The fourth-order valence-electron chi connectivity index (χ4n) is 7.78. The molecule has 1 atom stereocenters. The van der Waals surface area contributed by atoms with E-state index in [9.17, 15) is 24.0 Å². The second kappa shape index (κ2) is 28.9. The van der Waals surface area contributed by atoms with Gasteiger partial charge in [-0.15, -0.1) is 0 Å². The highest BCUT2D eigenvalue weighted by atomic mass is 16.6. The number of benzene rings is 3. The Bertz CT molecular complexity index is 2040. The van der Waals surface area contributed by atoms with Gasteiger partial charge in [0.05, 0.1) is 130 Å². The highest BCUT2D eigenvalue weighted by Crippen LogP contribution is 2.44. The van der Waals surface area contributed by atoms with Crippen LogP contribution in [0.2, 0.25) is 0 Å². The number of ether oxygens (including phenoxy) is 10. The molecule has 19 nitrogen and oxygen atoms in total. The number of imide groups is 2. The zero-order chi connectivity index (χ0) is 47.8. The molecular weight excluding hydrogens is 885 g/mol. The number of nitrogens with one attached hydrogen (secondary N) is 2. The maximum Gasteiger partial charge on any atom is 0.409 e. The Morgan fingerprint density at radius 2 is 1.04 bits per heavy atom. The number of anilines is 1. The lowest BCUT2D eigenvalue weighted by atomic mass is 9.98. The van der Waals surface area contributed by atoms with Gasteiger partial charge >= 0.3 is 6.09 Å². The summed E-state index contributed by atoms with van der Waals surface area (Å²) < 4.78 is 55.6. The lowest BCUT2D eigenvalue weighted by molar-refractivity contribution is -0.136. The molecule has 3 aliphatic rings. The molecule has 3 aromatic rings. The van der Waals surface area contributed by atoms with E-state index in [0.717, 1.165) is 4.90 Å². The lowest BCUT2D eigenvalue weighted by Crippen LogP contribution is -2.54. The van der Waals surface area contributed by atoms with Crippen molar-refractivity contribution < 1.29 is 71.3 Å². The molecular formula is C49H64N4O15. The molecule has 2 heterocycles. The molecule has 68 heavy (non-hydrogen) atoms. The number of hydrogen-bond acceptors (Lipinski definition) is 16. The zero-order valence-electron chi connectivity index (χ0n) is 38.8. The Kier molecular flexibility index (Phi) is 22.1. The second-order valence-corrected chi connectivity index (χ2v) is 15.8. The Balaban J connectivity index is 0.633. The van der Waals surface area contributed by atoms with Crippen LogP contribution in [0.15, 0.2) is 66.7 Å². The number of carbonyl (C=O) groups is 5. The third-order valence-corrected chi connectivity index (χ3v) is 11.2. The van der Waals surface area contributed by atoms with Crippen LogP contribution in [0.1, 0.15) is 50.6 Å². The first-order chi connectivity index (χ1) is 33.3. The standard InChI is InChI=1S/C49H64N4O15/c1-52(49(58)68-35-41-38-9-4-2-7-36(38)37-8-3-5-10-39(37)41)16-18-60-20-22-62-24-26-64-28-30-66-32-34-67-33-31-65-29-27-63-25-23-61-21-19-59-17-15-50-42-12-6-11-40-45(42)48(57)53(47(40)56)43-13-14-44(54)51-46(43)55/h2-12,41,43,50H,13-35H2,1H3,(H,51,54,55). The van der Waals surface area contributed by atoms with Gasteiger partial charge in [-0.1, -0.05) is 54.6 Å². The first-order valence-electron chi connectivity index (χ1n) is 23.2. The molecule has 6 rings (SSSR count). The van der Waals surface area contributed by atoms with Gasteiger partial charge in [-0.25, -0.2) is 4.79 Å². The van der Waals surface area contributed by atoms with Crippen LogP contribution < -0.4 is 10.6 Å². The summed E-state index contributed by atoms with van der Waals surface area (Å²) >= 11 is 0. The fraction of sp³-hybridized carbons (Fsp3) is 0.531. The van der Waals surface area contributed by atoms with Crippen molar-refractivity contribution in [2.45, 2.75) is 24.8 Å². The number of fused-ring (bicyclic) bond motifs is 4. The van der Waals surface area contributed by atoms with Crippen molar-refractivity contribution in [3.05, 3.63) is 89.0 Å². The Morgan fingerprint density at radius 1 is 0.588 bits per heavy atom. The minimum Gasteiger partial charge on any atom is -0.448 e. The van der Waals surface area contributed by atoms with E-state index in [-0.39, 0.29) is 42.6 Å². The van der Waals surface area contributed by atoms with Crippen LogP contribution in [0.5, 0.6) is 0 Å². The second-order valence-electron chi connectivity index (χ2n) is 15.8. The Hall–Kier alpha value is -5.35. The minimum atomic E-state index is -1.02. The van der Waals surface area contributed by atoms with Gasteiger partial charge in [-0.05, 0) is 40.8 Å². The summed E-state index contributed by atoms with van der Waals surface area (Å²) in [5, 5.41) is 5.34. The molecule has 1 aliphatic carbocycles. The van der Waals surface area contributed by atoms with Crippen molar-refractivity contribution in [3.8, 4) is 11.1 Å². The predicted molar refractivity (Wildman–Crippen MR) is 247 cm³/mol. The molecule has 19 heteroatoms. The maximum absolute atomic E-state index is 13.2. The van der Waals surface area contributed by atoms with Gasteiger partial charge in [0, 0.05) is 38.2 Å². The number of nitrogens with zero attached hydrogens (tertiary/aromatic N) is 2. The molecule has 1 fully saturated rings. The van der Waals surface area contributed by atoms with Gasteiger partial charge in [0.2, 0.25) is 11.8 Å². The quantitative estimate of drug-likeness (QED) is 0.0649. The smallest absolute Gasteiger partial charge is 0.409 e. The predicted octanol–water partition coefficient (Wildman–Crippen LogP) is 3.53. The molecule has 0 radical (unpaired) electrons. The molecule has 1 unspecified atom stereocenters. The molecule has 0 aromatic heterocycles. The minimum absolute atomic E-state index is 0.0244. The van der Waals surface area contributed by atoms with Gasteiger partial charge in [-0.2, -0.15) is 0 Å². The number of carbonyl (C=O) groups excluding carboxylic acids is 5. The van der Waals surface area contributed by atoms with Crippen molar-refractivity contribution >= 4 is 35.4 Å². The molecule has 3 aromatic carbocycles. The number of likely N-dealkylation sites (N-methyl/N-ethyl adjacent to an activating group) is 1. The van der Waals surface area contributed by atoms with Gasteiger partial charge in [0.25, 0.3) is 11.8 Å². The van der Waals surface area contributed by atoms with E-state index in [1.807, 2.05) is 24.3 Å². The molecule has 2 aliphatic heterocycles. The van der Waals surface area contributed by atoms with Crippen molar-refractivity contribution in [2.75, 3.05) is 151 Å². The molecule has 0 saturated carbocycles. The average Bonchev–Trinajstić information content (AvgIpc) is 3.80. The lowest BCUT2D eigenvalue weighted by Gasteiger charge is -2.27. The molecule has 370 valence electrons. The highest BCUT2D eigenvalue weighted by Gasteiger charge is 2.45. The van der Waals surface area contributed by atoms with E-state index in [1.165, 1.54) is 27.2 Å². The highest BCUT2D eigenvalue weighted by molar-refractivity contribution is 6.25. The SMILES string of the molecule is CN(CCOCCOCCOCCOCCOCCOCCOCCOCCOCCNc1cccc2c1C(=O)N(C1CCC(=O)NC1=O)C2=O)C(=O)OCC1c2ccccc2-c2ccccc21. The van der Waals surface area contributed by atoms with Crippen molar-refractivity contribution in [1.82, 2.24) is 15.1 Å². The summed E-state index contributed by atoms with van der Waals surface area (Å²) in [5.74, 6) is -2.16. The van der Waals surface area contributed by atoms with E-state index < -0.39 is 29.7 Å². The fourth-order valence-corrected chi connectivity index (χ4v) is 7.78. The monoisotopic (exact) mass is 948 g/mol. The maximum atomic E-state index is 13.2. The molecule has 2 N–H and O–H groups in total. The van der Waals surface area contributed by atoms with Gasteiger partial charge in [0.1, 0.15) is 12.6 Å². The van der Waals surface area contributed by atoms with Gasteiger partial charge in [-0.3, -0.25) is 29.4 Å². The van der Waals surface area contributed by atoms with E-state index in [4.69, 9.17) is 47.4 Å². The van der Waals surface area contributed by atoms with Crippen LogP contribution in [0.3, 0.4) is 0 Å².